The highest BCUT2D eigenvalue weighted by Crippen LogP contribution is 2.32. The van der Waals surface area contributed by atoms with E-state index in [0.29, 0.717) is 13.0 Å². The Kier molecular flexibility index (Phi) is 5.63. The summed E-state index contributed by atoms with van der Waals surface area (Å²) in [5.74, 6) is 1.49. The molecule has 0 bridgehead atoms. The molecule has 6 heteroatoms. The Hall–Kier alpha value is -1.79. The molecule has 0 radical (unpaired) electrons. The van der Waals surface area contributed by atoms with Crippen molar-refractivity contribution in [3.05, 3.63) is 23.8 Å². The maximum absolute atomic E-state index is 12.3. The summed E-state index contributed by atoms with van der Waals surface area (Å²) < 4.78 is 10.7. The standard InChI is InChI=1S/C16H25N3O3/c1-11(19(2)16(20)13(18)4-3-7-17)8-12-5-6-14-15(9-12)22-10-21-14/h5-6,9,11,13H,3-4,7-8,10,17-18H2,1-2H3/t11-,13?/m1/s1. The van der Waals surface area contributed by atoms with Gasteiger partial charge in [-0.05, 0) is 50.4 Å². The maximum Gasteiger partial charge on any atom is 0.239 e. The monoisotopic (exact) mass is 307 g/mol. The third kappa shape index (κ3) is 3.90. The van der Waals surface area contributed by atoms with Gasteiger partial charge in [0.2, 0.25) is 12.7 Å². The van der Waals surface area contributed by atoms with E-state index in [0.717, 1.165) is 29.9 Å². The van der Waals surface area contributed by atoms with Crippen LogP contribution in [-0.2, 0) is 11.2 Å². The van der Waals surface area contributed by atoms with Gasteiger partial charge in [0.1, 0.15) is 0 Å². The number of amides is 1. The Morgan fingerprint density at radius 2 is 2.09 bits per heavy atom. The van der Waals surface area contributed by atoms with Gasteiger partial charge in [0.25, 0.3) is 0 Å². The van der Waals surface area contributed by atoms with Gasteiger partial charge in [-0.2, -0.15) is 0 Å². The number of likely N-dealkylation sites (N-methyl/N-ethyl adjacent to an activating group) is 1. The molecule has 0 spiro atoms. The number of hydrogen-bond acceptors (Lipinski definition) is 5. The lowest BCUT2D eigenvalue weighted by molar-refractivity contribution is -0.133. The zero-order valence-electron chi connectivity index (χ0n) is 13.2. The summed E-state index contributed by atoms with van der Waals surface area (Å²) in [6, 6.07) is 5.44. The fourth-order valence-corrected chi connectivity index (χ4v) is 2.49. The third-order valence-corrected chi connectivity index (χ3v) is 4.01. The Morgan fingerprint density at radius 1 is 1.36 bits per heavy atom. The van der Waals surface area contributed by atoms with Crippen molar-refractivity contribution < 1.29 is 14.3 Å². The van der Waals surface area contributed by atoms with Crippen LogP contribution >= 0.6 is 0 Å². The van der Waals surface area contributed by atoms with Gasteiger partial charge in [-0.1, -0.05) is 6.07 Å². The van der Waals surface area contributed by atoms with Crippen molar-refractivity contribution in [3.8, 4) is 11.5 Å². The van der Waals surface area contributed by atoms with Crippen LogP contribution in [0.15, 0.2) is 18.2 Å². The van der Waals surface area contributed by atoms with Crippen LogP contribution in [-0.4, -0.2) is 43.3 Å². The number of ether oxygens (including phenoxy) is 2. The first kappa shape index (κ1) is 16.6. The molecule has 1 aromatic carbocycles. The lowest BCUT2D eigenvalue weighted by Crippen LogP contribution is -2.46. The predicted octanol–water partition coefficient (Wildman–Crippen LogP) is 0.871. The summed E-state index contributed by atoms with van der Waals surface area (Å²) >= 11 is 0. The third-order valence-electron chi connectivity index (χ3n) is 4.01. The average molecular weight is 307 g/mol. The molecule has 0 aliphatic carbocycles. The van der Waals surface area contributed by atoms with Gasteiger partial charge in [-0.15, -0.1) is 0 Å². The van der Waals surface area contributed by atoms with Crippen molar-refractivity contribution in [2.75, 3.05) is 20.4 Å². The number of rotatable bonds is 7. The first-order valence-electron chi connectivity index (χ1n) is 7.63. The molecule has 1 heterocycles. The van der Waals surface area contributed by atoms with Gasteiger partial charge in [-0.3, -0.25) is 4.79 Å². The molecule has 1 amide bonds. The molecule has 6 nitrogen and oxygen atoms in total. The molecule has 2 rings (SSSR count). The van der Waals surface area contributed by atoms with Gasteiger partial charge in [0.05, 0.1) is 6.04 Å². The zero-order chi connectivity index (χ0) is 16.1. The second-order valence-electron chi connectivity index (χ2n) is 5.73. The largest absolute Gasteiger partial charge is 0.454 e. The maximum atomic E-state index is 12.3. The number of carbonyl (C=O) groups excluding carboxylic acids is 1. The molecule has 1 aliphatic heterocycles. The lowest BCUT2D eigenvalue weighted by atomic mass is 10.0. The number of hydrogen-bond donors (Lipinski definition) is 2. The van der Waals surface area contributed by atoms with Crippen molar-refractivity contribution in [2.45, 2.75) is 38.3 Å². The minimum atomic E-state index is -0.479. The first-order valence-corrected chi connectivity index (χ1v) is 7.63. The van der Waals surface area contributed by atoms with E-state index in [1.54, 1.807) is 11.9 Å². The molecule has 4 N–H and O–H groups in total. The Balaban J connectivity index is 1.93. The second-order valence-corrected chi connectivity index (χ2v) is 5.73. The predicted molar refractivity (Wildman–Crippen MR) is 84.8 cm³/mol. The quantitative estimate of drug-likeness (QED) is 0.780. The van der Waals surface area contributed by atoms with Crippen LogP contribution in [0.2, 0.25) is 0 Å². The van der Waals surface area contributed by atoms with Crippen LogP contribution in [0.4, 0.5) is 0 Å². The van der Waals surface area contributed by atoms with Crippen LogP contribution in [0.1, 0.15) is 25.3 Å². The fraction of sp³-hybridized carbons (Fsp3) is 0.562. The van der Waals surface area contributed by atoms with Gasteiger partial charge in [-0.25, -0.2) is 0 Å². The van der Waals surface area contributed by atoms with Gasteiger partial charge >= 0.3 is 0 Å². The Labute approximate surface area is 131 Å². The molecule has 0 saturated heterocycles. The summed E-state index contributed by atoms with van der Waals surface area (Å²) in [4.78, 5) is 14.0. The van der Waals surface area contributed by atoms with Gasteiger partial charge in [0, 0.05) is 13.1 Å². The van der Waals surface area contributed by atoms with E-state index in [9.17, 15) is 4.79 Å². The molecule has 0 saturated carbocycles. The molecule has 2 atom stereocenters. The Morgan fingerprint density at radius 3 is 2.82 bits per heavy atom. The van der Waals surface area contributed by atoms with Crippen molar-refractivity contribution >= 4 is 5.91 Å². The van der Waals surface area contributed by atoms with E-state index in [1.165, 1.54) is 0 Å². The number of nitrogens with zero attached hydrogens (tertiary/aromatic N) is 1. The van der Waals surface area contributed by atoms with E-state index in [-0.39, 0.29) is 18.7 Å². The Bertz CT molecular complexity index is 521. The summed E-state index contributed by atoms with van der Waals surface area (Å²) in [6.07, 6.45) is 2.12. The average Bonchev–Trinajstić information content (AvgIpc) is 2.98. The molecule has 0 aromatic heterocycles. The van der Waals surface area contributed by atoms with Crippen molar-refractivity contribution in [3.63, 3.8) is 0 Å². The molecule has 1 unspecified atom stereocenters. The molecular formula is C16H25N3O3. The van der Waals surface area contributed by atoms with E-state index in [4.69, 9.17) is 20.9 Å². The van der Waals surface area contributed by atoms with E-state index < -0.39 is 6.04 Å². The summed E-state index contributed by atoms with van der Waals surface area (Å²) in [6.45, 7) is 2.83. The van der Waals surface area contributed by atoms with Crippen molar-refractivity contribution in [1.82, 2.24) is 4.90 Å². The highest BCUT2D eigenvalue weighted by Gasteiger charge is 2.22. The van der Waals surface area contributed by atoms with Crippen LogP contribution < -0.4 is 20.9 Å². The highest BCUT2D eigenvalue weighted by atomic mass is 16.7. The molecular weight excluding hydrogens is 282 g/mol. The molecule has 1 aromatic rings. The minimum absolute atomic E-state index is 0.0401. The minimum Gasteiger partial charge on any atom is -0.454 e. The van der Waals surface area contributed by atoms with Crippen LogP contribution in [0.25, 0.3) is 0 Å². The van der Waals surface area contributed by atoms with Crippen molar-refractivity contribution in [2.24, 2.45) is 11.5 Å². The molecule has 1 aliphatic rings. The smallest absolute Gasteiger partial charge is 0.239 e. The molecule has 122 valence electrons. The van der Waals surface area contributed by atoms with E-state index in [2.05, 4.69) is 0 Å². The highest BCUT2D eigenvalue weighted by molar-refractivity contribution is 5.81. The normalized spacial score (nSPS) is 15.5. The van der Waals surface area contributed by atoms with Gasteiger partial charge in [0.15, 0.2) is 11.5 Å². The number of nitrogens with two attached hydrogens (primary N) is 2. The summed E-state index contributed by atoms with van der Waals surface area (Å²) in [7, 11) is 1.79. The number of fused-ring (bicyclic) bond motifs is 1. The van der Waals surface area contributed by atoms with E-state index in [1.807, 2.05) is 25.1 Å². The summed E-state index contributed by atoms with van der Waals surface area (Å²) in [5, 5.41) is 0. The van der Waals surface area contributed by atoms with Crippen LogP contribution in [0.3, 0.4) is 0 Å². The second kappa shape index (κ2) is 7.47. The zero-order valence-corrected chi connectivity index (χ0v) is 13.2. The molecule has 0 fully saturated rings. The number of benzene rings is 1. The van der Waals surface area contributed by atoms with E-state index >= 15 is 0 Å². The molecule has 22 heavy (non-hydrogen) atoms. The van der Waals surface area contributed by atoms with Gasteiger partial charge < -0.3 is 25.8 Å². The van der Waals surface area contributed by atoms with Crippen molar-refractivity contribution in [1.29, 1.82) is 0 Å². The number of carbonyl (C=O) groups is 1. The first-order chi connectivity index (χ1) is 10.5. The lowest BCUT2D eigenvalue weighted by Gasteiger charge is -2.27. The van der Waals surface area contributed by atoms with Crippen LogP contribution in [0, 0.1) is 0 Å². The van der Waals surface area contributed by atoms with Crippen LogP contribution in [0.5, 0.6) is 11.5 Å². The fourth-order valence-electron chi connectivity index (χ4n) is 2.49. The summed E-state index contributed by atoms with van der Waals surface area (Å²) in [5.41, 5.74) is 12.5. The topological polar surface area (TPSA) is 90.8 Å². The SMILES string of the molecule is C[C@H](Cc1ccc2c(c1)OCO2)N(C)C(=O)C(N)CCCN.